The third kappa shape index (κ3) is 5.19. The summed E-state index contributed by atoms with van der Waals surface area (Å²) in [5.74, 6) is 0.723. The number of ether oxygens (including phenoxy) is 1. The van der Waals surface area contributed by atoms with Gasteiger partial charge in [0.25, 0.3) is 0 Å². The second kappa shape index (κ2) is 8.53. The summed E-state index contributed by atoms with van der Waals surface area (Å²) in [5, 5.41) is 2.86. The van der Waals surface area contributed by atoms with Gasteiger partial charge in [-0.15, -0.1) is 0 Å². The summed E-state index contributed by atoms with van der Waals surface area (Å²) >= 11 is 0. The average molecular weight is 250 g/mol. The van der Waals surface area contributed by atoms with E-state index in [9.17, 15) is 4.79 Å². The highest BCUT2D eigenvalue weighted by Gasteiger charge is 2.06. The van der Waals surface area contributed by atoms with Crippen LogP contribution in [0.1, 0.15) is 32.1 Å². The van der Waals surface area contributed by atoms with Gasteiger partial charge in [0.05, 0.1) is 12.8 Å². The van der Waals surface area contributed by atoms with Gasteiger partial charge in [0, 0.05) is 6.42 Å². The zero-order valence-corrected chi connectivity index (χ0v) is 10.9. The molecular formula is C14H22N2O2. The van der Waals surface area contributed by atoms with Crippen molar-refractivity contribution in [3.05, 3.63) is 24.3 Å². The summed E-state index contributed by atoms with van der Waals surface area (Å²) in [7, 11) is 1.60. The third-order valence-electron chi connectivity index (χ3n) is 2.74. The Labute approximate surface area is 109 Å². The first kappa shape index (κ1) is 14.5. The molecule has 0 unspecified atom stereocenters. The van der Waals surface area contributed by atoms with E-state index in [0.717, 1.165) is 37.9 Å². The molecule has 1 rings (SSSR count). The Morgan fingerprint density at radius 1 is 1.22 bits per heavy atom. The Morgan fingerprint density at radius 2 is 1.94 bits per heavy atom. The van der Waals surface area contributed by atoms with E-state index in [4.69, 9.17) is 10.5 Å². The van der Waals surface area contributed by atoms with Crippen molar-refractivity contribution in [2.45, 2.75) is 32.1 Å². The molecule has 0 heterocycles. The number of anilines is 1. The van der Waals surface area contributed by atoms with Crippen molar-refractivity contribution in [3.63, 3.8) is 0 Å². The van der Waals surface area contributed by atoms with E-state index < -0.39 is 0 Å². The van der Waals surface area contributed by atoms with Crippen molar-refractivity contribution < 1.29 is 9.53 Å². The smallest absolute Gasteiger partial charge is 0.224 e. The second-order valence-corrected chi connectivity index (χ2v) is 4.20. The molecule has 0 aliphatic rings. The predicted octanol–water partition coefficient (Wildman–Crippen LogP) is 2.54. The zero-order valence-electron chi connectivity index (χ0n) is 10.9. The van der Waals surface area contributed by atoms with Crippen LogP contribution in [0.3, 0.4) is 0 Å². The summed E-state index contributed by atoms with van der Waals surface area (Å²) in [4.78, 5) is 11.7. The van der Waals surface area contributed by atoms with E-state index in [0.29, 0.717) is 12.2 Å². The Hall–Kier alpha value is -1.55. The topological polar surface area (TPSA) is 64.3 Å². The number of amides is 1. The molecule has 1 aromatic carbocycles. The van der Waals surface area contributed by atoms with Gasteiger partial charge >= 0.3 is 0 Å². The SMILES string of the molecule is COc1ccccc1NC(=O)CCCCCCN. The zero-order chi connectivity index (χ0) is 13.2. The minimum Gasteiger partial charge on any atom is -0.495 e. The van der Waals surface area contributed by atoms with Crippen molar-refractivity contribution in [2.75, 3.05) is 19.0 Å². The number of carbonyl (C=O) groups is 1. The number of rotatable bonds is 8. The molecule has 0 saturated heterocycles. The molecule has 1 amide bonds. The lowest BCUT2D eigenvalue weighted by atomic mass is 10.1. The Kier molecular flexibility index (Phi) is 6.87. The molecule has 4 nitrogen and oxygen atoms in total. The Morgan fingerprint density at radius 3 is 2.67 bits per heavy atom. The summed E-state index contributed by atoms with van der Waals surface area (Å²) in [5.41, 5.74) is 6.14. The van der Waals surface area contributed by atoms with Crippen LogP contribution in [0.5, 0.6) is 5.75 Å². The van der Waals surface area contributed by atoms with Gasteiger partial charge in [-0.25, -0.2) is 0 Å². The monoisotopic (exact) mass is 250 g/mol. The Bertz CT molecular complexity index is 367. The van der Waals surface area contributed by atoms with E-state index >= 15 is 0 Å². The number of methoxy groups -OCH3 is 1. The van der Waals surface area contributed by atoms with E-state index in [-0.39, 0.29) is 5.91 Å². The number of carbonyl (C=O) groups excluding carboxylic acids is 1. The molecule has 0 fully saturated rings. The summed E-state index contributed by atoms with van der Waals surface area (Å²) in [6.45, 7) is 0.730. The Balaban J connectivity index is 2.31. The average Bonchev–Trinajstić information content (AvgIpc) is 2.39. The predicted molar refractivity (Wildman–Crippen MR) is 73.8 cm³/mol. The van der Waals surface area contributed by atoms with Crippen LogP contribution in [0.15, 0.2) is 24.3 Å². The molecule has 18 heavy (non-hydrogen) atoms. The fourth-order valence-electron chi connectivity index (χ4n) is 1.74. The first-order valence-electron chi connectivity index (χ1n) is 6.41. The number of nitrogens with two attached hydrogens (primary N) is 1. The van der Waals surface area contributed by atoms with Crippen molar-refractivity contribution in [2.24, 2.45) is 5.73 Å². The molecule has 0 atom stereocenters. The van der Waals surface area contributed by atoms with Gasteiger partial charge in [0.15, 0.2) is 0 Å². The van der Waals surface area contributed by atoms with Gasteiger partial charge in [0.2, 0.25) is 5.91 Å². The number of para-hydroxylation sites is 2. The van der Waals surface area contributed by atoms with Gasteiger partial charge in [-0.05, 0) is 31.5 Å². The highest BCUT2D eigenvalue weighted by atomic mass is 16.5. The van der Waals surface area contributed by atoms with Crippen molar-refractivity contribution in [3.8, 4) is 5.75 Å². The number of unbranched alkanes of at least 4 members (excludes halogenated alkanes) is 3. The normalized spacial score (nSPS) is 10.1. The van der Waals surface area contributed by atoms with Crippen LogP contribution >= 0.6 is 0 Å². The first-order chi connectivity index (χ1) is 8.77. The molecule has 0 aromatic heterocycles. The van der Waals surface area contributed by atoms with E-state index in [2.05, 4.69) is 5.32 Å². The van der Waals surface area contributed by atoms with Crippen molar-refractivity contribution >= 4 is 11.6 Å². The quantitative estimate of drug-likeness (QED) is 0.697. The van der Waals surface area contributed by atoms with Gasteiger partial charge in [0.1, 0.15) is 5.75 Å². The molecule has 1 aromatic rings. The molecule has 0 bridgehead atoms. The number of nitrogens with one attached hydrogen (secondary N) is 1. The fourth-order valence-corrected chi connectivity index (χ4v) is 1.74. The van der Waals surface area contributed by atoms with Gasteiger partial charge in [-0.2, -0.15) is 0 Å². The molecule has 4 heteroatoms. The van der Waals surface area contributed by atoms with Gasteiger partial charge in [-0.3, -0.25) is 4.79 Å². The van der Waals surface area contributed by atoms with E-state index in [1.165, 1.54) is 0 Å². The maximum atomic E-state index is 11.7. The number of benzene rings is 1. The maximum absolute atomic E-state index is 11.7. The molecule has 0 spiro atoms. The fraction of sp³-hybridized carbons (Fsp3) is 0.500. The molecule has 0 saturated carbocycles. The third-order valence-corrected chi connectivity index (χ3v) is 2.74. The molecule has 100 valence electrons. The van der Waals surface area contributed by atoms with Crippen LogP contribution in [-0.2, 0) is 4.79 Å². The number of hydrogen-bond donors (Lipinski definition) is 2. The lowest BCUT2D eigenvalue weighted by molar-refractivity contribution is -0.116. The van der Waals surface area contributed by atoms with E-state index in [1.807, 2.05) is 24.3 Å². The minimum absolute atomic E-state index is 0.0345. The molecule has 3 N–H and O–H groups in total. The summed E-state index contributed by atoms with van der Waals surface area (Å²) in [6.07, 6.45) is 4.63. The molecular weight excluding hydrogens is 228 g/mol. The lowest BCUT2D eigenvalue weighted by Gasteiger charge is -2.09. The van der Waals surface area contributed by atoms with Crippen LogP contribution in [0.2, 0.25) is 0 Å². The minimum atomic E-state index is 0.0345. The lowest BCUT2D eigenvalue weighted by Crippen LogP contribution is -2.11. The van der Waals surface area contributed by atoms with Crippen LogP contribution < -0.4 is 15.8 Å². The standard InChI is InChI=1S/C14H22N2O2/c1-18-13-9-6-5-8-12(13)16-14(17)10-4-2-3-7-11-15/h5-6,8-9H,2-4,7,10-11,15H2,1H3,(H,16,17). The number of hydrogen-bond acceptors (Lipinski definition) is 3. The first-order valence-corrected chi connectivity index (χ1v) is 6.41. The van der Waals surface area contributed by atoms with Crippen LogP contribution in [0.4, 0.5) is 5.69 Å². The van der Waals surface area contributed by atoms with E-state index in [1.54, 1.807) is 7.11 Å². The molecule has 0 radical (unpaired) electrons. The van der Waals surface area contributed by atoms with Gasteiger partial charge < -0.3 is 15.8 Å². The second-order valence-electron chi connectivity index (χ2n) is 4.20. The molecule has 0 aliphatic carbocycles. The highest BCUT2D eigenvalue weighted by Crippen LogP contribution is 2.23. The highest BCUT2D eigenvalue weighted by molar-refractivity contribution is 5.92. The van der Waals surface area contributed by atoms with Crippen LogP contribution in [0.25, 0.3) is 0 Å². The summed E-state index contributed by atoms with van der Waals surface area (Å²) < 4.78 is 5.18. The largest absolute Gasteiger partial charge is 0.495 e. The van der Waals surface area contributed by atoms with Crippen LogP contribution in [0, 0.1) is 0 Å². The van der Waals surface area contributed by atoms with Crippen LogP contribution in [-0.4, -0.2) is 19.6 Å². The molecule has 0 aliphatic heterocycles. The van der Waals surface area contributed by atoms with Gasteiger partial charge in [-0.1, -0.05) is 25.0 Å². The van der Waals surface area contributed by atoms with Crippen molar-refractivity contribution in [1.82, 2.24) is 0 Å². The van der Waals surface area contributed by atoms with Crippen molar-refractivity contribution in [1.29, 1.82) is 0 Å². The summed E-state index contributed by atoms with van der Waals surface area (Å²) in [6, 6.07) is 7.42. The maximum Gasteiger partial charge on any atom is 0.224 e.